The van der Waals surface area contributed by atoms with Crippen molar-refractivity contribution in [1.82, 2.24) is 0 Å². The highest BCUT2D eigenvalue weighted by Gasteiger charge is 2.52. The third-order valence-corrected chi connectivity index (χ3v) is 10.7. The van der Waals surface area contributed by atoms with E-state index in [1.807, 2.05) is 12.1 Å². The van der Waals surface area contributed by atoms with Crippen LogP contribution in [-0.4, -0.2) is 62.6 Å². The molecule has 1 aliphatic rings. The van der Waals surface area contributed by atoms with Crippen LogP contribution in [0.2, 0.25) is 0 Å². The topological polar surface area (TPSA) is 57.2 Å². The van der Waals surface area contributed by atoms with Crippen molar-refractivity contribution in [3.8, 4) is 10.4 Å². The summed E-state index contributed by atoms with van der Waals surface area (Å²) in [6, 6.07) is 17.6. The summed E-state index contributed by atoms with van der Waals surface area (Å²) in [5, 5.41) is 12.4. The van der Waals surface area contributed by atoms with E-state index in [9.17, 15) is 9.50 Å². The number of aliphatic hydroxyl groups excluding tert-OH is 1. The van der Waals surface area contributed by atoms with Crippen LogP contribution in [0.15, 0.2) is 54.6 Å². The van der Waals surface area contributed by atoms with Crippen molar-refractivity contribution in [2.24, 2.45) is 5.92 Å². The average molecular weight is 683 g/mol. The van der Waals surface area contributed by atoms with Crippen LogP contribution >= 0.6 is 11.3 Å². The second-order valence-corrected chi connectivity index (χ2v) is 14.5. The lowest BCUT2D eigenvalue weighted by atomic mass is 9.70. The molecule has 1 fully saturated rings. The minimum Gasteiger partial charge on any atom is -0.392 e. The number of unbranched alkanes of at least 4 members (excludes halogenated alkanes) is 4. The van der Waals surface area contributed by atoms with E-state index in [4.69, 9.17) is 18.9 Å². The van der Waals surface area contributed by atoms with Gasteiger partial charge in [-0.1, -0.05) is 83.7 Å². The Balaban J connectivity index is 1.69. The smallest absolute Gasteiger partial charge is 0.123 e. The van der Waals surface area contributed by atoms with E-state index in [0.717, 1.165) is 73.8 Å². The summed E-state index contributed by atoms with van der Waals surface area (Å²) >= 11 is 1.74. The quantitative estimate of drug-likeness (QED) is 0.113. The predicted octanol–water partition coefficient (Wildman–Crippen LogP) is 9.90. The Morgan fingerprint density at radius 2 is 1.31 bits per heavy atom. The largest absolute Gasteiger partial charge is 0.392 e. The number of halogens is 1. The molecule has 7 heteroatoms. The van der Waals surface area contributed by atoms with E-state index in [-0.39, 0.29) is 36.0 Å². The molecule has 1 heterocycles. The highest BCUT2D eigenvalue weighted by molar-refractivity contribution is 7.15. The van der Waals surface area contributed by atoms with Crippen LogP contribution in [0.1, 0.15) is 107 Å². The lowest BCUT2D eigenvalue weighted by Crippen LogP contribution is -2.61. The SMILES string of the molecule is CCCCOC[C@@H]1[C@@H](OCCCC)[C@H](OCCCC)[C@@H](OCCCC)C(c2ccc(C)c(Cc3ccc(-c4ccc(F)cc4)s3)c2)[C@H]1O. The van der Waals surface area contributed by atoms with Gasteiger partial charge in [-0.3, -0.25) is 0 Å². The van der Waals surface area contributed by atoms with Gasteiger partial charge in [-0.2, -0.15) is 0 Å². The molecule has 1 N–H and O–H groups in total. The zero-order valence-corrected chi connectivity index (χ0v) is 30.7. The lowest BCUT2D eigenvalue weighted by Gasteiger charge is -2.49. The maximum absolute atomic E-state index is 13.5. The number of thiophene rings is 1. The number of rotatable bonds is 21. The zero-order valence-electron chi connectivity index (χ0n) is 29.9. The van der Waals surface area contributed by atoms with Crippen LogP contribution in [0.5, 0.6) is 0 Å². The van der Waals surface area contributed by atoms with E-state index >= 15 is 0 Å². The summed E-state index contributed by atoms with van der Waals surface area (Å²) in [6.07, 6.45) is 7.06. The molecule has 0 bridgehead atoms. The molecule has 0 radical (unpaired) electrons. The molecule has 0 aliphatic heterocycles. The van der Waals surface area contributed by atoms with Gasteiger partial charge in [0.15, 0.2) is 0 Å². The molecule has 1 aliphatic carbocycles. The number of ether oxygens (including phenoxy) is 4. The second-order valence-electron chi connectivity index (χ2n) is 13.3. The number of benzene rings is 2. The van der Waals surface area contributed by atoms with Crippen LogP contribution in [0.3, 0.4) is 0 Å². The molecule has 1 unspecified atom stereocenters. The monoisotopic (exact) mass is 682 g/mol. The predicted molar refractivity (Wildman–Crippen MR) is 196 cm³/mol. The van der Waals surface area contributed by atoms with Gasteiger partial charge in [-0.05, 0) is 79.1 Å². The summed E-state index contributed by atoms with van der Waals surface area (Å²) in [4.78, 5) is 2.36. The van der Waals surface area contributed by atoms with Gasteiger partial charge in [-0.15, -0.1) is 11.3 Å². The first-order valence-electron chi connectivity index (χ1n) is 18.5. The molecular formula is C41H59FO5S. The van der Waals surface area contributed by atoms with E-state index < -0.39 is 6.10 Å². The first-order chi connectivity index (χ1) is 23.4. The van der Waals surface area contributed by atoms with Crippen molar-refractivity contribution in [1.29, 1.82) is 0 Å². The van der Waals surface area contributed by atoms with Gasteiger partial charge < -0.3 is 24.1 Å². The second kappa shape index (κ2) is 20.5. The summed E-state index contributed by atoms with van der Waals surface area (Å²) < 4.78 is 39.9. The molecule has 1 saturated carbocycles. The molecule has 6 atom stereocenters. The Hall–Kier alpha value is -2.13. The maximum atomic E-state index is 13.5. The van der Waals surface area contributed by atoms with Crippen LogP contribution in [0.25, 0.3) is 10.4 Å². The zero-order chi connectivity index (χ0) is 34.3. The van der Waals surface area contributed by atoms with Gasteiger partial charge in [0.1, 0.15) is 11.9 Å². The van der Waals surface area contributed by atoms with Crippen LogP contribution < -0.4 is 0 Å². The molecule has 5 nitrogen and oxygen atoms in total. The summed E-state index contributed by atoms with van der Waals surface area (Å²) in [7, 11) is 0. The number of aryl methyl sites for hydroxylation is 1. The third kappa shape index (κ3) is 10.7. The fourth-order valence-electron chi connectivity index (χ4n) is 6.55. The van der Waals surface area contributed by atoms with E-state index in [0.29, 0.717) is 33.0 Å². The number of hydrogen-bond donors (Lipinski definition) is 1. The Kier molecular flexibility index (Phi) is 16.5. The Morgan fingerprint density at radius 1 is 0.708 bits per heavy atom. The van der Waals surface area contributed by atoms with Gasteiger partial charge in [0.05, 0.1) is 24.9 Å². The average Bonchev–Trinajstić information content (AvgIpc) is 3.55. The Labute approximate surface area is 293 Å². The summed E-state index contributed by atoms with van der Waals surface area (Å²) in [5.74, 6) is -0.769. The first kappa shape index (κ1) is 38.7. The van der Waals surface area contributed by atoms with Crippen LogP contribution in [0, 0.1) is 18.7 Å². The minimum absolute atomic E-state index is 0.226. The minimum atomic E-state index is -0.724. The van der Waals surface area contributed by atoms with Gasteiger partial charge in [0.25, 0.3) is 0 Å². The van der Waals surface area contributed by atoms with Gasteiger partial charge in [0.2, 0.25) is 0 Å². The number of aliphatic hydroxyl groups is 1. The summed E-state index contributed by atoms with van der Waals surface area (Å²) in [5.41, 5.74) is 4.52. The van der Waals surface area contributed by atoms with E-state index in [1.54, 1.807) is 11.3 Å². The van der Waals surface area contributed by atoms with Crippen molar-refractivity contribution in [2.75, 3.05) is 33.0 Å². The van der Waals surface area contributed by atoms with Crippen molar-refractivity contribution < 1.29 is 28.4 Å². The Bertz CT molecular complexity index is 1330. The fraction of sp³-hybridized carbons (Fsp3) is 0.610. The van der Waals surface area contributed by atoms with Crippen LogP contribution in [0.4, 0.5) is 4.39 Å². The van der Waals surface area contributed by atoms with E-state index in [2.05, 4.69) is 65.0 Å². The fourth-order valence-corrected chi connectivity index (χ4v) is 7.59. The third-order valence-electron chi connectivity index (χ3n) is 9.52. The molecule has 1 aromatic heterocycles. The number of hydrogen-bond acceptors (Lipinski definition) is 6. The molecular weight excluding hydrogens is 624 g/mol. The normalized spacial score (nSPS) is 22.7. The molecule has 4 rings (SSSR count). The molecule has 3 aromatic rings. The lowest BCUT2D eigenvalue weighted by molar-refractivity contribution is -0.219. The molecule has 2 aromatic carbocycles. The summed E-state index contributed by atoms with van der Waals surface area (Å²) in [6.45, 7) is 13.8. The molecule has 0 saturated heterocycles. The van der Waals surface area contributed by atoms with Gasteiger partial charge >= 0.3 is 0 Å². The molecule has 266 valence electrons. The van der Waals surface area contributed by atoms with Crippen LogP contribution in [-0.2, 0) is 25.4 Å². The van der Waals surface area contributed by atoms with Crippen molar-refractivity contribution in [3.05, 3.63) is 82.0 Å². The Morgan fingerprint density at radius 3 is 1.96 bits per heavy atom. The van der Waals surface area contributed by atoms with Gasteiger partial charge in [0, 0.05) is 54.4 Å². The highest BCUT2D eigenvalue weighted by atomic mass is 32.1. The van der Waals surface area contributed by atoms with Gasteiger partial charge in [-0.25, -0.2) is 4.39 Å². The molecule has 48 heavy (non-hydrogen) atoms. The first-order valence-corrected chi connectivity index (χ1v) is 19.3. The molecule has 0 amide bonds. The van der Waals surface area contributed by atoms with Crippen molar-refractivity contribution in [2.45, 2.75) is 123 Å². The highest BCUT2D eigenvalue weighted by Crippen LogP contribution is 2.43. The van der Waals surface area contributed by atoms with E-state index in [1.165, 1.54) is 28.1 Å². The molecule has 0 spiro atoms. The van der Waals surface area contributed by atoms with Crippen molar-refractivity contribution in [3.63, 3.8) is 0 Å². The maximum Gasteiger partial charge on any atom is 0.123 e. The standard InChI is InChI=1S/C41H59FO5S/c1-6-10-22-44-28-35-38(43)37(40(46-24-12-8-3)41(47-25-13-9-4)39(35)45-23-11-7-2)31-15-14-29(5)32(26-31)27-34-20-21-36(48-34)30-16-18-33(42)19-17-30/h14-21,26,35,37-41,43H,6-13,22-25,27-28H2,1-5H3/t35-,37?,38-,39+,40-,41-/m0/s1. The van der Waals surface area contributed by atoms with Crippen molar-refractivity contribution >= 4 is 11.3 Å².